The fraction of sp³-hybridized carbons (Fsp3) is 1.00. The van der Waals surface area contributed by atoms with Crippen LogP contribution in [-0.4, -0.2) is 36.8 Å². The van der Waals surface area contributed by atoms with Crippen molar-refractivity contribution >= 4 is 11.8 Å². The highest BCUT2D eigenvalue weighted by atomic mass is 32.2. The van der Waals surface area contributed by atoms with Gasteiger partial charge in [-0.15, -0.1) is 0 Å². The number of hydrogen-bond acceptors (Lipinski definition) is 3. The molecule has 0 aromatic rings. The zero-order valence-electron chi connectivity index (χ0n) is 10.6. The average Bonchev–Trinajstić information content (AvgIpc) is 2.27. The number of nitrogens with one attached hydrogen (secondary N) is 1. The van der Waals surface area contributed by atoms with Crippen LogP contribution in [0.15, 0.2) is 0 Å². The Morgan fingerprint density at radius 1 is 1.38 bits per heavy atom. The van der Waals surface area contributed by atoms with Crippen LogP contribution in [0.4, 0.5) is 0 Å². The van der Waals surface area contributed by atoms with E-state index in [0.29, 0.717) is 17.6 Å². The molecular formula is C13H25NOS. The summed E-state index contributed by atoms with van der Waals surface area (Å²) in [5, 5.41) is 3.70. The van der Waals surface area contributed by atoms with Crippen LogP contribution in [0, 0.1) is 5.41 Å². The predicted molar refractivity (Wildman–Crippen MR) is 71.1 cm³/mol. The van der Waals surface area contributed by atoms with Crippen molar-refractivity contribution in [3.8, 4) is 0 Å². The molecule has 3 heteroatoms. The Morgan fingerprint density at radius 3 is 2.94 bits per heavy atom. The monoisotopic (exact) mass is 243 g/mol. The van der Waals surface area contributed by atoms with Crippen molar-refractivity contribution in [3.63, 3.8) is 0 Å². The lowest BCUT2D eigenvalue weighted by Gasteiger charge is -2.36. The summed E-state index contributed by atoms with van der Waals surface area (Å²) in [5.74, 6) is 2.58. The molecule has 2 atom stereocenters. The molecule has 0 bridgehead atoms. The lowest BCUT2D eigenvalue weighted by atomic mass is 9.88. The highest BCUT2D eigenvalue weighted by Gasteiger charge is 2.28. The maximum Gasteiger partial charge on any atom is 0.0699 e. The first kappa shape index (κ1) is 12.7. The molecule has 2 unspecified atom stereocenters. The van der Waals surface area contributed by atoms with Gasteiger partial charge in [0.05, 0.1) is 6.10 Å². The van der Waals surface area contributed by atoms with E-state index in [2.05, 4.69) is 30.9 Å². The summed E-state index contributed by atoms with van der Waals surface area (Å²) in [6, 6.07) is 0.694. The maximum absolute atomic E-state index is 5.75. The first-order valence-electron chi connectivity index (χ1n) is 6.58. The van der Waals surface area contributed by atoms with E-state index in [-0.39, 0.29) is 0 Å². The van der Waals surface area contributed by atoms with E-state index in [4.69, 9.17) is 4.74 Å². The van der Waals surface area contributed by atoms with Crippen LogP contribution >= 0.6 is 11.8 Å². The molecule has 0 saturated carbocycles. The SMILES string of the molecule is CC1(C)CSCC(NCC2CCCCO2)C1. The van der Waals surface area contributed by atoms with Crippen molar-refractivity contribution in [2.24, 2.45) is 5.41 Å². The quantitative estimate of drug-likeness (QED) is 0.823. The van der Waals surface area contributed by atoms with Gasteiger partial charge in [0.25, 0.3) is 0 Å². The third-order valence-electron chi connectivity index (χ3n) is 3.52. The fourth-order valence-corrected chi connectivity index (χ4v) is 3.97. The molecule has 2 aliphatic rings. The number of thioether (sulfide) groups is 1. The highest BCUT2D eigenvalue weighted by Crippen LogP contribution is 2.33. The molecular weight excluding hydrogens is 218 g/mol. The molecule has 2 heterocycles. The Labute approximate surface area is 104 Å². The molecule has 0 aromatic heterocycles. The van der Waals surface area contributed by atoms with Crippen LogP contribution in [0.2, 0.25) is 0 Å². The zero-order valence-corrected chi connectivity index (χ0v) is 11.4. The summed E-state index contributed by atoms with van der Waals surface area (Å²) >= 11 is 2.09. The third kappa shape index (κ3) is 3.94. The second-order valence-corrected chi connectivity index (χ2v) is 7.01. The molecule has 2 aliphatic heterocycles. The second kappa shape index (κ2) is 5.74. The van der Waals surface area contributed by atoms with Crippen molar-refractivity contribution < 1.29 is 4.74 Å². The molecule has 0 amide bonds. The molecule has 0 aromatic carbocycles. The lowest BCUT2D eigenvalue weighted by Crippen LogP contribution is -2.44. The average molecular weight is 243 g/mol. The van der Waals surface area contributed by atoms with E-state index >= 15 is 0 Å². The minimum absolute atomic E-state index is 0.476. The standard InChI is InChI=1S/C13H25NOS/c1-13(2)7-11(9-16-10-13)14-8-12-5-3-4-6-15-12/h11-12,14H,3-10H2,1-2H3. The Balaban J connectivity index is 1.68. The first-order chi connectivity index (χ1) is 7.66. The largest absolute Gasteiger partial charge is 0.377 e. The van der Waals surface area contributed by atoms with Gasteiger partial charge in [0.2, 0.25) is 0 Å². The van der Waals surface area contributed by atoms with E-state index in [1.54, 1.807) is 0 Å². The van der Waals surface area contributed by atoms with Gasteiger partial charge in [-0.25, -0.2) is 0 Å². The second-order valence-electron chi connectivity index (χ2n) is 5.98. The van der Waals surface area contributed by atoms with Crippen LogP contribution in [0.3, 0.4) is 0 Å². The molecule has 0 spiro atoms. The minimum Gasteiger partial charge on any atom is -0.377 e. The van der Waals surface area contributed by atoms with Crippen molar-refractivity contribution in [3.05, 3.63) is 0 Å². The van der Waals surface area contributed by atoms with Gasteiger partial charge in [-0.2, -0.15) is 11.8 Å². The van der Waals surface area contributed by atoms with Crippen LogP contribution < -0.4 is 5.32 Å². The minimum atomic E-state index is 0.476. The van der Waals surface area contributed by atoms with Crippen molar-refractivity contribution in [1.29, 1.82) is 0 Å². The topological polar surface area (TPSA) is 21.3 Å². The van der Waals surface area contributed by atoms with Crippen molar-refractivity contribution in [2.45, 2.75) is 51.7 Å². The summed E-state index contributed by atoms with van der Waals surface area (Å²) < 4.78 is 5.75. The lowest BCUT2D eigenvalue weighted by molar-refractivity contribution is 0.0150. The number of ether oxygens (including phenoxy) is 1. The fourth-order valence-electron chi connectivity index (χ4n) is 2.66. The van der Waals surface area contributed by atoms with Gasteiger partial charge in [-0.1, -0.05) is 13.8 Å². The van der Waals surface area contributed by atoms with Gasteiger partial charge < -0.3 is 10.1 Å². The van der Waals surface area contributed by atoms with E-state index in [1.165, 1.54) is 37.2 Å². The summed E-state index contributed by atoms with van der Waals surface area (Å²) in [7, 11) is 0. The molecule has 0 radical (unpaired) electrons. The third-order valence-corrected chi connectivity index (χ3v) is 5.14. The van der Waals surface area contributed by atoms with E-state index in [0.717, 1.165) is 13.2 Å². The Bertz CT molecular complexity index is 214. The zero-order chi connectivity index (χ0) is 11.4. The molecule has 0 aliphatic carbocycles. The molecule has 1 N–H and O–H groups in total. The van der Waals surface area contributed by atoms with Crippen LogP contribution in [0.5, 0.6) is 0 Å². The van der Waals surface area contributed by atoms with Gasteiger partial charge in [0.1, 0.15) is 0 Å². The van der Waals surface area contributed by atoms with Crippen molar-refractivity contribution in [2.75, 3.05) is 24.7 Å². The van der Waals surface area contributed by atoms with Gasteiger partial charge in [0.15, 0.2) is 0 Å². The van der Waals surface area contributed by atoms with E-state index < -0.39 is 0 Å². The summed E-state index contributed by atoms with van der Waals surface area (Å²) in [5.41, 5.74) is 0.508. The van der Waals surface area contributed by atoms with E-state index in [9.17, 15) is 0 Å². The predicted octanol–water partition coefficient (Wildman–Crippen LogP) is 2.68. The summed E-state index contributed by atoms with van der Waals surface area (Å²) in [4.78, 5) is 0. The first-order valence-corrected chi connectivity index (χ1v) is 7.74. The summed E-state index contributed by atoms with van der Waals surface area (Å²) in [6.07, 6.45) is 5.63. The van der Waals surface area contributed by atoms with Gasteiger partial charge >= 0.3 is 0 Å². The number of hydrogen-bond donors (Lipinski definition) is 1. The normalized spacial score (nSPS) is 34.9. The van der Waals surface area contributed by atoms with Crippen LogP contribution in [-0.2, 0) is 4.74 Å². The molecule has 16 heavy (non-hydrogen) atoms. The Morgan fingerprint density at radius 2 is 2.25 bits per heavy atom. The molecule has 2 fully saturated rings. The van der Waals surface area contributed by atoms with Gasteiger partial charge in [0, 0.05) is 24.9 Å². The van der Waals surface area contributed by atoms with Crippen molar-refractivity contribution in [1.82, 2.24) is 5.32 Å². The number of rotatable bonds is 3. The van der Waals surface area contributed by atoms with E-state index in [1.807, 2.05) is 0 Å². The molecule has 2 nitrogen and oxygen atoms in total. The Hall–Kier alpha value is 0.270. The van der Waals surface area contributed by atoms with Gasteiger partial charge in [-0.3, -0.25) is 0 Å². The molecule has 2 saturated heterocycles. The van der Waals surface area contributed by atoms with Crippen LogP contribution in [0.1, 0.15) is 39.5 Å². The maximum atomic E-state index is 5.75. The van der Waals surface area contributed by atoms with Gasteiger partial charge in [-0.05, 0) is 36.9 Å². The summed E-state index contributed by atoms with van der Waals surface area (Å²) in [6.45, 7) is 6.79. The molecule has 2 rings (SSSR count). The smallest absolute Gasteiger partial charge is 0.0699 e. The Kier molecular flexibility index (Phi) is 4.57. The molecule has 94 valence electrons. The highest BCUT2D eigenvalue weighted by molar-refractivity contribution is 7.99. The van der Waals surface area contributed by atoms with Crippen LogP contribution in [0.25, 0.3) is 0 Å².